The van der Waals surface area contributed by atoms with Crippen LogP contribution in [0.2, 0.25) is 0 Å². The van der Waals surface area contributed by atoms with E-state index in [0.29, 0.717) is 5.56 Å². The van der Waals surface area contributed by atoms with E-state index >= 15 is 0 Å². The van der Waals surface area contributed by atoms with Crippen molar-refractivity contribution in [3.63, 3.8) is 0 Å². The smallest absolute Gasteiger partial charge is 0.150 e. The standard InChI is InChI=1S/C34H28N2.C19H15NO.C15H15N.H2O/c1-34(2)32(35-31-23-20-26-11-9-10-16-30(26)33(31)34)24-19-25-17-21-29(22-18-25)36(27-12-5-3-6-13-27)28-14-7-4-8-15-28;21-15-16-11-13-19(14-12-16)20(17-7-3-1-4-8-17)18-9-5-2-6-10-18;1-10-15(2,3)14-12-7-5-4-6-11(12)8-9-13(14)16-10;/h3-24H,1-2H3;1-15H;4-9H,1-3H3;1H2/p-1/b24-19+;;;. The lowest BCUT2D eigenvalue weighted by Crippen LogP contribution is -2.24. The molecule has 6 heteroatoms. The van der Waals surface area contributed by atoms with Crippen molar-refractivity contribution >= 4 is 90.8 Å². The average Bonchev–Trinajstić information content (AvgIpc) is 3.85. The van der Waals surface area contributed by atoms with Gasteiger partial charge < -0.3 is 15.3 Å². The number of carbonyl (C=O) groups excluding carboxylic acids is 1. The molecule has 74 heavy (non-hydrogen) atoms. The van der Waals surface area contributed by atoms with Gasteiger partial charge in [0.1, 0.15) is 6.29 Å². The Balaban J connectivity index is 0.000000150. The average molecular weight is 964 g/mol. The van der Waals surface area contributed by atoms with E-state index in [1.807, 2.05) is 60.7 Å². The second-order valence-corrected chi connectivity index (χ2v) is 19.5. The number of nitrogens with zero attached hydrogens (tertiary/aromatic N) is 4. The number of benzene rings is 10. The van der Waals surface area contributed by atoms with E-state index in [4.69, 9.17) is 4.99 Å². The molecule has 6 nitrogen and oxygen atoms in total. The lowest BCUT2D eigenvalue weighted by molar-refractivity contribution is 0.112. The zero-order valence-electron chi connectivity index (χ0n) is 42.5. The molecule has 12 rings (SSSR count). The quantitative estimate of drug-likeness (QED) is 0.135. The van der Waals surface area contributed by atoms with Crippen LogP contribution in [0.4, 0.5) is 45.5 Å². The van der Waals surface area contributed by atoms with Crippen molar-refractivity contribution in [1.82, 2.24) is 0 Å². The minimum atomic E-state index is -0.149. The van der Waals surface area contributed by atoms with Gasteiger partial charge in [-0.3, -0.25) is 14.8 Å². The number of fused-ring (bicyclic) bond motifs is 6. The normalized spacial score (nSPS) is 13.5. The Bertz CT molecular complexity index is 3550. The maximum absolute atomic E-state index is 10.8. The summed E-state index contributed by atoms with van der Waals surface area (Å²) in [4.78, 5) is 24.9. The number of aldehydes is 1. The highest BCUT2D eigenvalue weighted by Crippen LogP contribution is 2.46. The Hall–Kier alpha value is -8.97. The number of carbonyl (C=O) groups is 1. The molecule has 2 aliphatic rings. The highest BCUT2D eigenvalue weighted by atomic mass is 16.1. The van der Waals surface area contributed by atoms with Gasteiger partial charge in [0.25, 0.3) is 0 Å². The molecule has 0 aliphatic carbocycles. The van der Waals surface area contributed by atoms with E-state index in [-0.39, 0.29) is 16.3 Å². The first-order valence-corrected chi connectivity index (χ1v) is 24.9. The third-order valence-corrected chi connectivity index (χ3v) is 14.1. The molecule has 1 N–H and O–H groups in total. The molecule has 0 radical (unpaired) electrons. The first kappa shape index (κ1) is 50.0. The fourth-order valence-electron chi connectivity index (χ4n) is 9.98. The summed E-state index contributed by atoms with van der Waals surface area (Å²) < 4.78 is 0. The fourth-order valence-corrected chi connectivity index (χ4v) is 9.98. The summed E-state index contributed by atoms with van der Waals surface area (Å²) >= 11 is 0. The molecule has 0 saturated heterocycles. The van der Waals surface area contributed by atoms with Gasteiger partial charge in [0, 0.05) is 56.2 Å². The molecular weight excluding hydrogens is 905 g/mol. The molecule has 10 aromatic rings. The molecule has 0 atom stereocenters. The Morgan fingerprint density at radius 3 is 1.14 bits per heavy atom. The number of anilines is 6. The molecule has 10 aromatic carbocycles. The second kappa shape index (κ2) is 21.8. The fraction of sp³-hybridized carbons (Fsp3) is 0.103. The summed E-state index contributed by atoms with van der Waals surface area (Å²) in [6.07, 6.45) is 5.21. The zero-order chi connectivity index (χ0) is 50.4. The van der Waals surface area contributed by atoms with Crippen molar-refractivity contribution in [3.8, 4) is 0 Å². The van der Waals surface area contributed by atoms with Gasteiger partial charge in [-0.2, -0.15) is 0 Å². The topological polar surface area (TPSA) is 78.3 Å². The van der Waals surface area contributed by atoms with Gasteiger partial charge in [0.2, 0.25) is 0 Å². The molecule has 0 saturated carbocycles. The van der Waals surface area contributed by atoms with E-state index in [1.54, 1.807) is 0 Å². The highest BCUT2D eigenvalue weighted by Gasteiger charge is 2.35. The van der Waals surface area contributed by atoms with E-state index in [2.05, 4.69) is 244 Å². The highest BCUT2D eigenvalue weighted by molar-refractivity contribution is 6.14. The first-order valence-electron chi connectivity index (χ1n) is 24.9. The molecule has 0 aromatic heterocycles. The van der Waals surface area contributed by atoms with Crippen molar-refractivity contribution in [1.29, 1.82) is 0 Å². The minimum absolute atomic E-state index is 0. The van der Waals surface area contributed by atoms with Crippen molar-refractivity contribution in [2.75, 3.05) is 9.80 Å². The maximum atomic E-state index is 10.8. The van der Waals surface area contributed by atoms with Crippen LogP contribution >= 0.6 is 0 Å². The van der Waals surface area contributed by atoms with Crippen LogP contribution in [0, 0.1) is 0 Å². The summed E-state index contributed by atoms with van der Waals surface area (Å²) in [6.45, 7) is 11.2. The number of hydrogen-bond acceptors (Lipinski definition) is 6. The lowest BCUT2D eigenvalue weighted by Gasteiger charge is -2.25. The van der Waals surface area contributed by atoms with Gasteiger partial charge in [-0.15, -0.1) is 0 Å². The Labute approximate surface area is 435 Å². The van der Waals surface area contributed by atoms with Crippen LogP contribution in [0.15, 0.2) is 259 Å². The van der Waals surface area contributed by atoms with Crippen molar-refractivity contribution < 1.29 is 10.3 Å². The zero-order valence-corrected chi connectivity index (χ0v) is 42.5. The third-order valence-electron chi connectivity index (χ3n) is 14.1. The van der Waals surface area contributed by atoms with Crippen LogP contribution < -0.4 is 9.80 Å². The number of hydrogen-bond donors (Lipinski definition) is 0. The van der Waals surface area contributed by atoms with Gasteiger partial charge in [-0.05, 0) is 148 Å². The van der Waals surface area contributed by atoms with Gasteiger partial charge in [-0.25, -0.2) is 0 Å². The van der Waals surface area contributed by atoms with Crippen LogP contribution in [0.5, 0.6) is 0 Å². The van der Waals surface area contributed by atoms with Crippen molar-refractivity contribution in [3.05, 3.63) is 271 Å². The third kappa shape index (κ3) is 10.2. The van der Waals surface area contributed by atoms with Gasteiger partial charge in [0.15, 0.2) is 0 Å². The molecule has 364 valence electrons. The van der Waals surface area contributed by atoms with E-state index < -0.39 is 0 Å². The van der Waals surface area contributed by atoms with E-state index in [9.17, 15) is 4.79 Å². The van der Waals surface area contributed by atoms with Crippen LogP contribution in [0.3, 0.4) is 0 Å². The Kier molecular flexibility index (Phi) is 14.7. The molecule has 0 fully saturated rings. The Morgan fingerprint density at radius 1 is 0.365 bits per heavy atom. The predicted octanol–water partition coefficient (Wildman–Crippen LogP) is 18.4. The van der Waals surface area contributed by atoms with Crippen LogP contribution in [-0.4, -0.2) is 23.2 Å². The van der Waals surface area contributed by atoms with E-state index in [0.717, 1.165) is 63.1 Å². The molecular formula is C68H59N4O2-. The molecule has 2 heterocycles. The molecule has 0 spiro atoms. The number of rotatable bonds is 9. The summed E-state index contributed by atoms with van der Waals surface area (Å²) in [7, 11) is 0. The lowest BCUT2D eigenvalue weighted by atomic mass is 9.79. The minimum Gasteiger partial charge on any atom is -0.870 e. The maximum Gasteiger partial charge on any atom is 0.150 e. The van der Waals surface area contributed by atoms with Crippen molar-refractivity contribution in [2.45, 2.75) is 45.4 Å². The van der Waals surface area contributed by atoms with Gasteiger partial charge in [0.05, 0.1) is 17.1 Å². The SMILES string of the molecule is CC1(C)C(/C=C/c2ccc(N(c3ccccc3)c3ccccc3)cc2)=Nc2ccc3ccccc3c21.CC1=Nc2ccc3ccccc3c2C1(C)C.O=Cc1ccc(N(c2ccccc2)c2ccccc2)cc1.[OH-]. The predicted molar refractivity (Wildman–Crippen MR) is 312 cm³/mol. The molecule has 2 aliphatic heterocycles. The Morgan fingerprint density at radius 2 is 0.716 bits per heavy atom. The first-order chi connectivity index (χ1) is 35.6. The molecule has 0 unspecified atom stereocenters. The number of allylic oxidation sites excluding steroid dienone is 1. The monoisotopic (exact) mass is 963 g/mol. The molecule has 0 amide bonds. The van der Waals surface area contributed by atoms with Crippen molar-refractivity contribution in [2.24, 2.45) is 9.98 Å². The summed E-state index contributed by atoms with van der Waals surface area (Å²) in [5.74, 6) is 0. The largest absolute Gasteiger partial charge is 0.870 e. The summed E-state index contributed by atoms with van der Waals surface area (Å²) in [6, 6.07) is 83.4. The molecule has 0 bridgehead atoms. The second-order valence-electron chi connectivity index (χ2n) is 19.5. The van der Waals surface area contributed by atoms with Crippen LogP contribution in [0.25, 0.3) is 27.6 Å². The van der Waals surface area contributed by atoms with Gasteiger partial charge in [-0.1, -0.05) is 179 Å². The van der Waals surface area contributed by atoms with E-state index in [1.165, 1.54) is 38.4 Å². The number of aliphatic imine (C=N–C) groups is 2. The number of para-hydroxylation sites is 4. The van der Waals surface area contributed by atoms with Crippen LogP contribution in [0.1, 0.15) is 61.7 Å². The van der Waals surface area contributed by atoms with Gasteiger partial charge >= 0.3 is 0 Å². The summed E-state index contributed by atoms with van der Waals surface area (Å²) in [5.41, 5.74) is 15.6. The van der Waals surface area contributed by atoms with Crippen LogP contribution in [-0.2, 0) is 10.8 Å². The summed E-state index contributed by atoms with van der Waals surface area (Å²) in [5, 5.41) is 5.20.